The maximum atomic E-state index is 5.22. The second-order valence-corrected chi connectivity index (χ2v) is 9.41. The number of hydrogen-bond acceptors (Lipinski definition) is 2. The molecular formula is C24H27NS. The van der Waals surface area contributed by atoms with Crippen LogP contribution in [0.25, 0.3) is 21.3 Å². The van der Waals surface area contributed by atoms with E-state index in [-0.39, 0.29) is 0 Å². The van der Waals surface area contributed by atoms with E-state index in [1.54, 1.807) is 16.0 Å². The van der Waals surface area contributed by atoms with Gasteiger partial charge in [0, 0.05) is 16.0 Å². The quantitative estimate of drug-likeness (QED) is 0.501. The van der Waals surface area contributed by atoms with Crippen LogP contribution in [0, 0.1) is 11.8 Å². The van der Waals surface area contributed by atoms with Crippen LogP contribution in [0.2, 0.25) is 0 Å². The second-order valence-electron chi connectivity index (χ2n) is 8.33. The topological polar surface area (TPSA) is 12.9 Å². The molecule has 0 aliphatic heterocycles. The van der Waals surface area contributed by atoms with Gasteiger partial charge in [0.2, 0.25) is 0 Å². The van der Waals surface area contributed by atoms with Gasteiger partial charge < -0.3 is 0 Å². The molecule has 0 N–H and O–H groups in total. The van der Waals surface area contributed by atoms with E-state index in [4.69, 9.17) is 4.98 Å². The molecule has 0 unspecified atom stereocenters. The van der Waals surface area contributed by atoms with Gasteiger partial charge in [0.1, 0.15) is 4.83 Å². The summed E-state index contributed by atoms with van der Waals surface area (Å²) < 4.78 is 0. The minimum Gasteiger partial charge on any atom is -0.242 e. The molecule has 2 aliphatic carbocycles. The van der Waals surface area contributed by atoms with Gasteiger partial charge in [-0.1, -0.05) is 50.6 Å². The van der Waals surface area contributed by atoms with Crippen molar-refractivity contribution in [1.82, 2.24) is 4.98 Å². The third-order valence-corrected chi connectivity index (χ3v) is 7.70. The molecule has 1 aromatic carbocycles. The van der Waals surface area contributed by atoms with Crippen molar-refractivity contribution in [3.63, 3.8) is 0 Å². The Hall–Kier alpha value is -1.67. The summed E-state index contributed by atoms with van der Waals surface area (Å²) in [5.41, 5.74) is 7.48. The molecule has 3 aromatic rings. The third kappa shape index (κ3) is 2.62. The zero-order valence-corrected chi connectivity index (χ0v) is 16.7. The molecule has 2 heterocycles. The third-order valence-electron chi connectivity index (χ3n) is 6.55. The smallest absolute Gasteiger partial charge is 0.124 e. The van der Waals surface area contributed by atoms with E-state index in [1.165, 1.54) is 65.6 Å². The van der Waals surface area contributed by atoms with Gasteiger partial charge in [-0.25, -0.2) is 4.98 Å². The number of pyridine rings is 1. The summed E-state index contributed by atoms with van der Waals surface area (Å²) in [7, 11) is 0. The number of rotatable bonds is 2. The predicted molar refractivity (Wildman–Crippen MR) is 112 cm³/mol. The fraction of sp³-hybridized carbons (Fsp3) is 0.458. The highest BCUT2D eigenvalue weighted by molar-refractivity contribution is 7.19. The van der Waals surface area contributed by atoms with E-state index in [9.17, 15) is 0 Å². The first-order valence-corrected chi connectivity index (χ1v) is 11.1. The standard InChI is InChI=1S/C24H27NS/c1-3-16-10-12-20-19(14-16)22(17-7-5-4-6-8-17)23-18-11-9-15(2)13-21(18)26-24(23)25-20/h4-8,15-16H,3,9-14H2,1-2H3/t15-,16-/m0/s1. The Kier molecular flexibility index (Phi) is 4.12. The summed E-state index contributed by atoms with van der Waals surface area (Å²) in [6.07, 6.45) is 8.74. The Labute approximate surface area is 160 Å². The molecule has 0 spiro atoms. The van der Waals surface area contributed by atoms with Gasteiger partial charge in [0.25, 0.3) is 0 Å². The van der Waals surface area contributed by atoms with Gasteiger partial charge >= 0.3 is 0 Å². The van der Waals surface area contributed by atoms with Crippen LogP contribution in [0.15, 0.2) is 30.3 Å². The van der Waals surface area contributed by atoms with Gasteiger partial charge in [-0.15, -0.1) is 11.3 Å². The van der Waals surface area contributed by atoms with E-state index in [1.807, 2.05) is 11.3 Å². The number of nitrogens with zero attached hydrogens (tertiary/aromatic N) is 1. The molecule has 0 radical (unpaired) electrons. The minimum atomic E-state index is 0.815. The molecule has 2 atom stereocenters. The molecule has 2 heteroatoms. The Morgan fingerprint density at radius 3 is 2.69 bits per heavy atom. The van der Waals surface area contributed by atoms with Crippen molar-refractivity contribution in [2.24, 2.45) is 11.8 Å². The largest absolute Gasteiger partial charge is 0.242 e. The van der Waals surface area contributed by atoms with Crippen molar-refractivity contribution in [3.8, 4) is 11.1 Å². The summed E-state index contributed by atoms with van der Waals surface area (Å²) >= 11 is 1.98. The van der Waals surface area contributed by atoms with Crippen molar-refractivity contribution < 1.29 is 0 Å². The van der Waals surface area contributed by atoms with Crippen LogP contribution in [0.1, 0.15) is 54.8 Å². The van der Waals surface area contributed by atoms with Crippen LogP contribution in [-0.4, -0.2) is 4.98 Å². The summed E-state index contributed by atoms with van der Waals surface area (Å²) in [6.45, 7) is 4.74. The zero-order valence-electron chi connectivity index (χ0n) is 15.8. The number of aryl methyl sites for hydroxylation is 2. The molecule has 0 saturated heterocycles. The van der Waals surface area contributed by atoms with Crippen molar-refractivity contribution in [2.45, 2.75) is 58.8 Å². The number of thiophene rings is 1. The lowest BCUT2D eigenvalue weighted by molar-refractivity contribution is 0.441. The Morgan fingerprint density at radius 2 is 1.88 bits per heavy atom. The summed E-state index contributed by atoms with van der Waals surface area (Å²) in [5, 5.41) is 1.50. The normalized spacial score (nSPS) is 22.2. The van der Waals surface area contributed by atoms with Gasteiger partial charge in [0.15, 0.2) is 0 Å². The lowest BCUT2D eigenvalue weighted by Crippen LogP contribution is -2.16. The zero-order chi connectivity index (χ0) is 17.7. The first-order valence-electron chi connectivity index (χ1n) is 10.3. The first kappa shape index (κ1) is 16.5. The average molecular weight is 362 g/mol. The fourth-order valence-corrected chi connectivity index (χ4v) is 6.40. The molecule has 0 saturated carbocycles. The molecule has 1 nitrogen and oxygen atoms in total. The van der Waals surface area contributed by atoms with Crippen molar-refractivity contribution in [1.29, 1.82) is 0 Å². The summed E-state index contributed by atoms with van der Waals surface area (Å²) in [6, 6.07) is 11.1. The Balaban J connectivity index is 1.82. The number of hydrogen-bond donors (Lipinski definition) is 0. The van der Waals surface area contributed by atoms with Crippen molar-refractivity contribution in [3.05, 3.63) is 52.0 Å². The monoisotopic (exact) mass is 361 g/mol. The van der Waals surface area contributed by atoms with Gasteiger partial charge in [-0.2, -0.15) is 0 Å². The number of fused-ring (bicyclic) bond motifs is 4. The van der Waals surface area contributed by atoms with E-state index in [0.29, 0.717) is 0 Å². The number of aromatic nitrogens is 1. The van der Waals surface area contributed by atoms with Crippen LogP contribution >= 0.6 is 11.3 Å². The van der Waals surface area contributed by atoms with E-state index in [0.717, 1.165) is 18.3 Å². The van der Waals surface area contributed by atoms with Crippen molar-refractivity contribution >= 4 is 21.6 Å². The molecule has 2 aromatic heterocycles. The SMILES string of the molecule is CC[C@H]1CCc2nc3sc4c(c3c(-c3ccccc3)c2C1)CC[C@H](C)C4. The number of benzene rings is 1. The van der Waals surface area contributed by atoms with Crippen LogP contribution < -0.4 is 0 Å². The predicted octanol–water partition coefficient (Wildman–Crippen LogP) is 6.60. The molecular weight excluding hydrogens is 334 g/mol. The summed E-state index contributed by atoms with van der Waals surface area (Å²) in [5.74, 6) is 1.63. The maximum Gasteiger partial charge on any atom is 0.124 e. The lowest BCUT2D eigenvalue weighted by Gasteiger charge is -2.26. The molecule has 5 rings (SSSR count). The average Bonchev–Trinajstić information content (AvgIpc) is 3.03. The molecule has 0 bridgehead atoms. The molecule has 134 valence electrons. The van der Waals surface area contributed by atoms with Crippen molar-refractivity contribution in [2.75, 3.05) is 0 Å². The first-order chi connectivity index (χ1) is 12.7. The Morgan fingerprint density at radius 1 is 1.04 bits per heavy atom. The van der Waals surface area contributed by atoms with Gasteiger partial charge in [-0.3, -0.25) is 0 Å². The highest BCUT2D eigenvalue weighted by atomic mass is 32.1. The fourth-order valence-electron chi connectivity index (χ4n) is 4.99. The molecule has 2 aliphatic rings. The second kappa shape index (κ2) is 6.49. The van der Waals surface area contributed by atoms with Gasteiger partial charge in [-0.05, 0) is 72.6 Å². The van der Waals surface area contributed by atoms with Crippen LogP contribution in [0.3, 0.4) is 0 Å². The molecule has 0 fully saturated rings. The Bertz CT molecular complexity index is 953. The van der Waals surface area contributed by atoms with Crippen LogP contribution in [-0.2, 0) is 25.7 Å². The van der Waals surface area contributed by atoms with Crippen LogP contribution in [0.5, 0.6) is 0 Å². The van der Waals surface area contributed by atoms with E-state index in [2.05, 4.69) is 44.2 Å². The highest BCUT2D eigenvalue weighted by Crippen LogP contribution is 2.45. The molecule has 26 heavy (non-hydrogen) atoms. The van der Waals surface area contributed by atoms with Crippen LogP contribution in [0.4, 0.5) is 0 Å². The van der Waals surface area contributed by atoms with E-state index >= 15 is 0 Å². The summed E-state index contributed by atoms with van der Waals surface area (Å²) in [4.78, 5) is 8.13. The van der Waals surface area contributed by atoms with Gasteiger partial charge in [0.05, 0.1) is 0 Å². The van der Waals surface area contributed by atoms with E-state index < -0.39 is 0 Å². The minimum absolute atomic E-state index is 0.815. The highest BCUT2D eigenvalue weighted by Gasteiger charge is 2.28. The molecule has 0 amide bonds. The lowest BCUT2D eigenvalue weighted by atomic mass is 9.79. The maximum absolute atomic E-state index is 5.22.